The number of ether oxygens (including phenoxy) is 2. The van der Waals surface area contributed by atoms with E-state index in [1.807, 2.05) is 0 Å². The van der Waals surface area contributed by atoms with Gasteiger partial charge in [0.2, 0.25) is 5.91 Å². The second-order valence-electron chi connectivity index (χ2n) is 6.70. The fourth-order valence-electron chi connectivity index (χ4n) is 3.04. The van der Waals surface area contributed by atoms with E-state index in [9.17, 15) is 19.2 Å². The van der Waals surface area contributed by atoms with Crippen molar-refractivity contribution in [3.05, 3.63) is 65.3 Å². The van der Waals surface area contributed by atoms with E-state index in [2.05, 4.69) is 16.0 Å². The lowest BCUT2D eigenvalue weighted by Gasteiger charge is -2.27. The molecule has 170 valence electrons. The summed E-state index contributed by atoms with van der Waals surface area (Å²) < 4.78 is 15.7. The van der Waals surface area contributed by atoms with E-state index in [4.69, 9.17) is 19.2 Å². The molecule has 0 aliphatic carbocycles. The van der Waals surface area contributed by atoms with Crippen LogP contribution in [0.4, 0.5) is 10.5 Å². The zero-order valence-corrected chi connectivity index (χ0v) is 17.5. The lowest BCUT2D eigenvalue weighted by molar-refractivity contribution is -0.139. The molecule has 1 unspecified atom stereocenters. The number of rotatable bonds is 8. The molecule has 11 nitrogen and oxygen atoms in total. The summed E-state index contributed by atoms with van der Waals surface area (Å²) in [6, 6.07) is 9.23. The largest absolute Gasteiger partial charge is 0.467 e. The number of nitrogens with zero attached hydrogens (tertiary/aromatic N) is 1. The van der Waals surface area contributed by atoms with Crippen molar-refractivity contribution in [2.24, 2.45) is 0 Å². The lowest BCUT2D eigenvalue weighted by Crippen LogP contribution is -2.47. The van der Waals surface area contributed by atoms with E-state index in [-0.39, 0.29) is 29.9 Å². The van der Waals surface area contributed by atoms with Gasteiger partial charge in [-0.2, -0.15) is 5.26 Å². The Bertz CT molecular complexity index is 1110. The summed E-state index contributed by atoms with van der Waals surface area (Å²) in [4.78, 5) is 48.7. The van der Waals surface area contributed by atoms with Gasteiger partial charge in [-0.05, 0) is 43.3 Å². The van der Waals surface area contributed by atoms with E-state index >= 15 is 0 Å². The number of urea groups is 1. The summed E-state index contributed by atoms with van der Waals surface area (Å²) >= 11 is 0. The maximum Gasteiger partial charge on any atom is 0.338 e. The summed E-state index contributed by atoms with van der Waals surface area (Å²) in [7, 11) is 0. The monoisotopic (exact) mass is 452 g/mol. The van der Waals surface area contributed by atoms with Crippen LogP contribution >= 0.6 is 0 Å². The van der Waals surface area contributed by atoms with E-state index in [1.54, 1.807) is 25.1 Å². The van der Waals surface area contributed by atoms with Crippen molar-refractivity contribution in [1.29, 1.82) is 5.26 Å². The van der Waals surface area contributed by atoms with Gasteiger partial charge in [0, 0.05) is 5.69 Å². The van der Waals surface area contributed by atoms with Crippen LogP contribution in [0.5, 0.6) is 0 Å². The third kappa shape index (κ3) is 5.76. The van der Waals surface area contributed by atoms with Crippen molar-refractivity contribution in [1.82, 2.24) is 10.6 Å². The molecule has 0 saturated heterocycles. The van der Waals surface area contributed by atoms with Gasteiger partial charge in [-0.25, -0.2) is 14.4 Å². The van der Waals surface area contributed by atoms with Crippen LogP contribution in [0.2, 0.25) is 0 Å². The number of carbonyl (C=O) groups excluding carboxylic acids is 4. The van der Waals surface area contributed by atoms with Gasteiger partial charge in [-0.1, -0.05) is 0 Å². The average Bonchev–Trinajstić information content (AvgIpc) is 3.32. The summed E-state index contributed by atoms with van der Waals surface area (Å²) in [5, 5.41) is 16.1. The topological polar surface area (TPSA) is 160 Å². The van der Waals surface area contributed by atoms with Gasteiger partial charge in [0.05, 0.1) is 35.8 Å². The van der Waals surface area contributed by atoms with Gasteiger partial charge in [0.25, 0.3) is 0 Å². The molecule has 1 aromatic carbocycles. The zero-order valence-electron chi connectivity index (χ0n) is 17.5. The zero-order chi connectivity index (χ0) is 23.8. The second-order valence-corrected chi connectivity index (χ2v) is 6.70. The molecule has 1 aliphatic rings. The highest BCUT2D eigenvalue weighted by Gasteiger charge is 2.35. The third-order valence-corrected chi connectivity index (χ3v) is 4.47. The molecule has 1 aliphatic heterocycles. The molecule has 3 amide bonds. The lowest BCUT2D eigenvalue weighted by atomic mass is 10.0. The Hall–Kier alpha value is -4.59. The Kier molecular flexibility index (Phi) is 7.43. The Labute approximate surface area is 188 Å². The molecule has 2 aromatic rings. The Morgan fingerprint density at radius 1 is 1.15 bits per heavy atom. The first-order chi connectivity index (χ1) is 15.9. The number of hydrogen-bond donors (Lipinski definition) is 3. The highest BCUT2D eigenvalue weighted by Crippen LogP contribution is 2.28. The highest BCUT2D eigenvalue weighted by molar-refractivity contribution is 5.96. The van der Waals surface area contributed by atoms with Crippen LogP contribution in [0.3, 0.4) is 0 Å². The molecule has 0 fully saturated rings. The molecule has 1 atom stereocenters. The number of anilines is 1. The number of benzene rings is 1. The SMILES string of the molecule is CCOC(=O)C1=C(COC(=O)c2ccc(NC(=O)CC#N)cc2)NC(=O)NC1c1ccco1. The molecule has 2 heterocycles. The molecule has 0 spiro atoms. The van der Waals surface area contributed by atoms with E-state index in [1.165, 1.54) is 30.5 Å². The average molecular weight is 452 g/mol. The van der Waals surface area contributed by atoms with Gasteiger partial charge in [0.15, 0.2) is 0 Å². The van der Waals surface area contributed by atoms with Crippen LogP contribution in [0, 0.1) is 11.3 Å². The molecular formula is C22H20N4O7. The normalized spacial score (nSPS) is 15.0. The van der Waals surface area contributed by atoms with Gasteiger partial charge in [-0.15, -0.1) is 0 Å². The predicted octanol–water partition coefficient (Wildman–Crippen LogP) is 2.16. The van der Waals surface area contributed by atoms with Gasteiger partial charge in [0.1, 0.15) is 24.8 Å². The number of furan rings is 1. The predicted molar refractivity (Wildman–Crippen MR) is 112 cm³/mol. The fourth-order valence-corrected chi connectivity index (χ4v) is 3.04. The Morgan fingerprint density at radius 2 is 1.91 bits per heavy atom. The fraction of sp³-hybridized carbons (Fsp3) is 0.227. The van der Waals surface area contributed by atoms with Crippen molar-refractivity contribution in [2.75, 3.05) is 18.5 Å². The third-order valence-electron chi connectivity index (χ3n) is 4.47. The minimum Gasteiger partial charge on any atom is -0.467 e. The molecule has 33 heavy (non-hydrogen) atoms. The van der Waals surface area contributed by atoms with E-state index in [0.717, 1.165) is 0 Å². The smallest absolute Gasteiger partial charge is 0.338 e. The highest BCUT2D eigenvalue weighted by atomic mass is 16.5. The van der Waals surface area contributed by atoms with E-state index in [0.29, 0.717) is 11.4 Å². The van der Waals surface area contributed by atoms with Crippen molar-refractivity contribution >= 4 is 29.6 Å². The van der Waals surface area contributed by atoms with Gasteiger partial charge < -0.3 is 29.8 Å². The Balaban J connectivity index is 1.76. The second kappa shape index (κ2) is 10.6. The minimum atomic E-state index is -0.919. The van der Waals surface area contributed by atoms with Gasteiger partial charge >= 0.3 is 18.0 Å². The molecule has 3 rings (SSSR count). The van der Waals surface area contributed by atoms with Crippen molar-refractivity contribution in [2.45, 2.75) is 19.4 Å². The molecule has 0 bridgehead atoms. The molecule has 3 N–H and O–H groups in total. The molecule has 0 radical (unpaired) electrons. The molecule has 0 saturated carbocycles. The van der Waals surface area contributed by atoms with Crippen LogP contribution in [0.25, 0.3) is 0 Å². The first-order valence-corrected chi connectivity index (χ1v) is 9.88. The van der Waals surface area contributed by atoms with Crippen LogP contribution < -0.4 is 16.0 Å². The first kappa shape index (κ1) is 23.1. The van der Waals surface area contributed by atoms with Crippen LogP contribution in [-0.2, 0) is 19.1 Å². The number of nitriles is 1. The van der Waals surface area contributed by atoms with Crippen molar-refractivity contribution < 1.29 is 33.1 Å². The van der Waals surface area contributed by atoms with Crippen LogP contribution in [0.1, 0.15) is 35.5 Å². The number of amides is 3. The molecule has 11 heteroatoms. The van der Waals surface area contributed by atoms with Crippen molar-refractivity contribution in [3.8, 4) is 6.07 Å². The van der Waals surface area contributed by atoms with E-state index < -0.39 is 36.5 Å². The van der Waals surface area contributed by atoms with Crippen LogP contribution in [-0.4, -0.2) is 37.1 Å². The number of carbonyl (C=O) groups is 4. The summed E-state index contributed by atoms with van der Waals surface area (Å²) in [5.74, 6) is -1.58. The number of nitrogens with one attached hydrogen (secondary N) is 3. The summed E-state index contributed by atoms with van der Waals surface area (Å²) in [6.07, 6.45) is 1.11. The number of esters is 2. The first-order valence-electron chi connectivity index (χ1n) is 9.88. The molecule has 1 aromatic heterocycles. The van der Waals surface area contributed by atoms with Crippen LogP contribution in [0.15, 0.2) is 58.3 Å². The number of hydrogen-bond acceptors (Lipinski definition) is 8. The maximum atomic E-state index is 12.6. The summed E-state index contributed by atoms with van der Waals surface area (Å²) in [5.41, 5.74) is 0.697. The van der Waals surface area contributed by atoms with Crippen molar-refractivity contribution in [3.63, 3.8) is 0 Å². The van der Waals surface area contributed by atoms with Gasteiger partial charge in [-0.3, -0.25) is 4.79 Å². The molecular weight excluding hydrogens is 432 g/mol. The standard InChI is InChI=1S/C22H20N4O7/c1-2-31-21(29)18-15(25-22(30)26-19(18)16-4-3-11-32-16)12-33-20(28)13-5-7-14(8-6-13)24-17(27)9-10-23/h3-8,11,19H,2,9,12H2,1H3,(H,24,27)(H2,25,26,30). The minimum absolute atomic E-state index is 0.0507. The maximum absolute atomic E-state index is 12.6. The summed E-state index contributed by atoms with van der Waals surface area (Å²) in [6.45, 7) is 1.34. The Morgan fingerprint density at radius 3 is 2.55 bits per heavy atom. The quantitative estimate of drug-likeness (QED) is 0.514.